The highest BCUT2D eigenvalue weighted by atomic mass is 16.7. The molecular formula is C18H30N6O2. The van der Waals surface area contributed by atoms with E-state index in [1.54, 1.807) is 13.0 Å². The van der Waals surface area contributed by atoms with Gasteiger partial charge in [0.25, 0.3) is 5.88 Å². The molecule has 0 aromatic rings. The Morgan fingerprint density at radius 1 is 1.27 bits per heavy atom. The van der Waals surface area contributed by atoms with Crippen molar-refractivity contribution >= 4 is 11.7 Å². The molecule has 5 N–H and O–H groups in total. The number of rotatable bonds is 4. The molecule has 0 bridgehead atoms. The minimum absolute atomic E-state index is 0.403. The summed E-state index contributed by atoms with van der Waals surface area (Å²) in [5.74, 6) is 1.49. The summed E-state index contributed by atoms with van der Waals surface area (Å²) in [6, 6.07) is 1.07. The third-order valence-electron chi connectivity index (χ3n) is 4.93. The van der Waals surface area contributed by atoms with Gasteiger partial charge in [-0.1, -0.05) is 0 Å². The van der Waals surface area contributed by atoms with Gasteiger partial charge in [0.2, 0.25) is 0 Å². The van der Waals surface area contributed by atoms with Crippen molar-refractivity contribution in [3.63, 3.8) is 0 Å². The van der Waals surface area contributed by atoms with Gasteiger partial charge in [-0.25, -0.2) is 5.48 Å². The Kier molecular flexibility index (Phi) is 6.16. The minimum atomic E-state index is 0.403. The molecule has 0 aromatic carbocycles. The fraction of sp³-hybridized carbons (Fsp3) is 0.667. The smallest absolute Gasteiger partial charge is 0.258 e. The summed E-state index contributed by atoms with van der Waals surface area (Å²) >= 11 is 0. The second kappa shape index (κ2) is 8.55. The van der Waals surface area contributed by atoms with Gasteiger partial charge in [-0.15, -0.1) is 0 Å². The average molecular weight is 362 g/mol. The molecule has 0 aromatic heterocycles. The summed E-state index contributed by atoms with van der Waals surface area (Å²) in [6.07, 6.45) is 5.99. The van der Waals surface area contributed by atoms with E-state index < -0.39 is 0 Å². The molecule has 3 aliphatic rings. The molecule has 3 rings (SSSR count). The van der Waals surface area contributed by atoms with Crippen molar-refractivity contribution in [3.8, 4) is 0 Å². The number of nitrogens with one attached hydrogen (secondary N) is 3. The van der Waals surface area contributed by atoms with Crippen LogP contribution in [0, 0.1) is 5.41 Å². The van der Waals surface area contributed by atoms with Crippen molar-refractivity contribution in [1.82, 2.24) is 15.7 Å². The lowest BCUT2D eigenvalue weighted by Crippen LogP contribution is -2.49. The largest absolute Gasteiger partial charge is 0.402 e. The van der Waals surface area contributed by atoms with E-state index in [-0.39, 0.29) is 0 Å². The maximum Gasteiger partial charge on any atom is 0.258 e. The van der Waals surface area contributed by atoms with E-state index in [0.717, 1.165) is 52.0 Å². The van der Waals surface area contributed by atoms with E-state index in [1.165, 1.54) is 0 Å². The number of allylic oxidation sites excluding steroid dienone is 1. The second-order valence-electron chi connectivity index (χ2n) is 7.17. The maximum absolute atomic E-state index is 8.64. The molecule has 2 fully saturated rings. The molecule has 0 aliphatic carbocycles. The molecule has 8 heteroatoms. The van der Waals surface area contributed by atoms with E-state index in [4.69, 9.17) is 20.7 Å². The van der Waals surface area contributed by atoms with Gasteiger partial charge in [0.15, 0.2) is 0 Å². The number of nitrogens with two attached hydrogens (primary N) is 1. The predicted octanol–water partition coefficient (Wildman–Crippen LogP) is 1.22. The Bertz CT molecular complexity index is 609. The molecule has 8 nitrogen and oxygen atoms in total. The van der Waals surface area contributed by atoms with Crippen molar-refractivity contribution in [2.45, 2.75) is 51.6 Å². The molecule has 26 heavy (non-hydrogen) atoms. The Morgan fingerprint density at radius 2 is 1.92 bits per heavy atom. The van der Waals surface area contributed by atoms with Crippen molar-refractivity contribution in [1.29, 1.82) is 5.41 Å². The molecule has 3 heterocycles. The summed E-state index contributed by atoms with van der Waals surface area (Å²) in [7, 11) is 0. The van der Waals surface area contributed by atoms with Gasteiger partial charge in [0.1, 0.15) is 11.7 Å². The lowest BCUT2D eigenvalue weighted by Gasteiger charge is -2.36. The summed E-state index contributed by atoms with van der Waals surface area (Å²) in [5.41, 5.74) is 9.81. The van der Waals surface area contributed by atoms with Crippen LogP contribution < -0.4 is 16.5 Å². The SMILES string of the molecule is CC1=NC(=C(/C=C(/C)N)C(=N)N2CCC(NC3CCOCC3)CC2)ON1. The predicted molar refractivity (Wildman–Crippen MR) is 102 cm³/mol. The van der Waals surface area contributed by atoms with Gasteiger partial charge in [0.05, 0.1) is 5.57 Å². The fourth-order valence-electron chi connectivity index (χ4n) is 3.53. The first-order valence-electron chi connectivity index (χ1n) is 9.37. The zero-order chi connectivity index (χ0) is 18.5. The van der Waals surface area contributed by atoms with Gasteiger partial charge >= 0.3 is 0 Å². The van der Waals surface area contributed by atoms with Crippen LogP contribution in [0.5, 0.6) is 0 Å². The van der Waals surface area contributed by atoms with Crippen LogP contribution in [0.25, 0.3) is 0 Å². The lowest BCUT2D eigenvalue weighted by molar-refractivity contribution is 0.0723. The van der Waals surface area contributed by atoms with Gasteiger partial charge in [-0.2, -0.15) is 4.99 Å². The number of likely N-dealkylation sites (tertiary alicyclic amines) is 1. The zero-order valence-corrected chi connectivity index (χ0v) is 15.7. The summed E-state index contributed by atoms with van der Waals surface area (Å²) in [6.45, 7) is 7.01. The highest BCUT2D eigenvalue weighted by Gasteiger charge is 2.27. The van der Waals surface area contributed by atoms with Crippen LogP contribution in [-0.2, 0) is 9.57 Å². The summed E-state index contributed by atoms with van der Waals surface area (Å²) < 4.78 is 5.43. The van der Waals surface area contributed by atoms with Gasteiger partial charge in [-0.05, 0) is 45.6 Å². The first-order valence-corrected chi connectivity index (χ1v) is 9.37. The normalized spacial score (nSPS) is 24.8. The number of amidine groups is 2. The van der Waals surface area contributed by atoms with Crippen LogP contribution in [0.4, 0.5) is 0 Å². The van der Waals surface area contributed by atoms with Gasteiger partial charge in [0, 0.05) is 44.1 Å². The number of nitrogens with zero attached hydrogens (tertiary/aromatic N) is 2. The van der Waals surface area contributed by atoms with E-state index in [9.17, 15) is 0 Å². The molecule has 0 atom stereocenters. The van der Waals surface area contributed by atoms with Crippen LogP contribution in [0.2, 0.25) is 0 Å². The Labute approximate surface area is 155 Å². The molecule has 0 saturated carbocycles. The number of aliphatic imine (C=N–C) groups is 1. The van der Waals surface area contributed by atoms with Crippen LogP contribution in [-0.4, -0.2) is 55.0 Å². The van der Waals surface area contributed by atoms with Gasteiger partial charge in [-0.3, -0.25) is 5.41 Å². The first kappa shape index (κ1) is 18.7. The van der Waals surface area contributed by atoms with Crippen LogP contribution in [0.15, 0.2) is 28.2 Å². The molecule has 0 spiro atoms. The molecule has 0 unspecified atom stereocenters. The summed E-state index contributed by atoms with van der Waals surface area (Å²) in [4.78, 5) is 11.8. The second-order valence-corrected chi connectivity index (χ2v) is 7.17. The molecule has 2 saturated heterocycles. The third-order valence-corrected chi connectivity index (χ3v) is 4.93. The Morgan fingerprint density at radius 3 is 2.50 bits per heavy atom. The number of ether oxygens (including phenoxy) is 1. The quantitative estimate of drug-likeness (QED) is 0.442. The maximum atomic E-state index is 8.64. The van der Waals surface area contributed by atoms with E-state index in [0.29, 0.717) is 40.9 Å². The fourth-order valence-corrected chi connectivity index (χ4v) is 3.53. The highest BCUT2D eigenvalue weighted by Crippen LogP contribution is 2.21. The van der Waals surface area contributed by atoms with Crippen LogP contribution in [0.3, 0.4) is 0 Å². The number of hydroxylamine groups is 1. The van der Waals surface area contributed by atoms with Crippen molar-refractivity contribution in [2.75, 3.05) is 26.3 Å². The van der Waals surface area contributed by atoms with E-state index in [2.05, 4.69) is 20.7 Å². The van der Waals surface area contributed by atoms with Gasteiger partial charge < -0.3 is 25.5 Å². The third kappa shape index (κ3) is 4.76. The zero-order valence-electron chi connectivity index (χ0n) is 15.7. The average Bonchev–Trinajstić information content (AvgIpc) is 3.07. The Balaban J connectivity index is 1.60. The number of hydrogen-bond acceptors (Lipinski definition) is 7. The van der Waals surface area contributed by atoms with E-state index >= 15 is 0 Å². The minimum Gasteiger partial charge on any atom is -0.402 e. The monoisotopic (exact) mass is 362 g/mol. The molecule has 0 radical (unpaired) electrons. The lowest BCUT2D eigenvalue weighted by atomic mass is 10.0. The van der Waals surface area contributed by atoms with Crippen molar-refractivity contribution < 1.29 is 9.57 Å². The van der Waals surface area contributed by atoms with Crippen molar-refractivity contribution in [2.24, 2.45) is 10.7 Å². The number of hydrogen-bond donors (Lipinski definition) is 4. The first-order chi connectivity index (χ1) is 12.5. The standard InChI is InChI=1S/C18H30N6O2/c1-12(19)11-16(18-21-13(2)23-26-18)17(20)24-7-3-14(4-8-24)22-15-5-9-25-10-6-15/h11,14-15,20,22H,3-10,19H2,1-2H3,(H,21,23)/b12-11-,18-16?,20-17?. The van der Waals surface area contributed by atoms with E-state index in [1.807, 2.05) is 6.92 Å². The topological polar surface area (TPSA) is 108 Å². The highest BCUT2D eigenvalue weighted by molar-refractivity contribution is 5.99. The molecule has 0 amide bonds. The van der Waals surface area contributed by atoms with Crippen molar-refractivity contribution in [3.05, 3.63) is 23.2 Å². The summed E-state index contributed by atoms with van der Waals surface area (Å²) in [5, 5.41) is 12.4. The number of piperidine rings is 1. The molecular weight excluding hydrogens is 332 g/mol. The Hall–Kier alpha value is -2.06. The van der Waals surface area contributed by atoms with Crippen LogP contribution >= 0.6 is 0 Å². The molecule has 3 aliphatic heterocycles. The van der Waals surface area contributed by atoms with Crippen LogP contribution in [0.1, 0.15) is 39.5 Å². The molecule has 144 valence electrons.